The Labute approximate surface area is 160 Å². The Hall–Kier alpha value is -2.88. The molecule has 140 valence electrons. The molecule has 1 aromatic heterocycles. The zero-order valence-corrected chi connectivity index (χ0v) is 16.0. The van der Waals surface area contributed by atoms with Crippen molar-refractivity contribution >= 4 is 5.91 Å². The van der Waals surface area contributed by atoms with Crippen LogP contribution in [-0.2, 0) is 24.1 Å². The van der Waals surface area contributed by atoms with Gasteiger partial charge in [0.2, 0.25) is 5.91 Å². The predicted molar refractivity (Wildman–Crippen MR) is 107 cm³/mol. The molecule has 1 heterocycles. The Kier molecular flexibility index (Phi) is 6.42. The smallest absolute Gasteiger partial charge is 0.227 e. The quantitative estimate of drug-likeness (QED) is 0.605. The van der Waals surface area contributed by atoms with Crippen molar-refractivity contribution < 1.29 is 9.32 Å². The molecule has 4 heteroatoms. The number of hydrogen-bond acceptors (Lipinski definition) is 3. The Morgan fingerprint density at radius 3 is 1.85 bits per heavy atom. The van der Waals surface area contributed by atoms with E-state index >= 15 is 0 Å². The first kappa shape index (κ1) is 18.9. The van der Waals surface area contributed by atoms with Crippen LogP contribution in [0.25, 0.3) is 0 Å². The molecular formula is C23H26N2O2. The molecule has 0 saturated heterocycles. The number of hydrogen-bond donors (Lipinski definition) is 0. The third kappa shape index (κ3) is 5.30. The summed E-state index contributed by atoms with van der Waals surface area (Å²) < 4.78 is 5.21. The van der Waals surface area contributed by atoms with Gasteiger partial charge in [0, 0.05) is 18.7 Å². The summed E-state index contributed by atoms with van der Waals surface area (Å²) in [5.41, 5.74) is 4.19. The highest BCUT2D eigenvalue weighted by Gasteiger charge is 2.19. The fourth-order valence-electron chi connectivity index (χ4n) is 3.20. The maximum atomic E-state index is 13.0. The molecule has 0 unspecified atom stereocenters. The van der Waals surface area contributed by atoms with Crippen LogP contribution in [0.3, 0.4) is 0 Å². The van der Waals surface area contributed by atoms with Crippen molar-refractivity contribution in [2.75, 3.05) is 13.1 Å². The SMILES string of the molecule is Cc1noc(C)c1CC(=O)N(CCc1ccccc1)CCc1ccccc1. The highest BCUT2D eigenvalue weighted by molar-refractivity contribution is 5.79. The second-order valence-corrected chi connectivity index (χ2v) is 6.83. The molecule has 3 aromatic rings. The zero-order valence-electron chi connectivity index (χ0n) is 16.0. The molecule has 0 spiro atoms. The molecule has 0 aliphatic rings. The molecule has 0 fully saturated rings. The summed E-state index contributed by atoms with van der Waals surface area (Å²) in [7, 11) is 0. The topological polar surface area (TPSA) is 46.3 Å². The third-order valence-electron chi connectivity index (χ3n) is 4.89. The van der Waals surface area contributed by atoms with Gasteiger partial charge in [0.15, 0.2) is 0 Å². The number of amides is 1. The van der Waals surface area contributed by atoms with Crippen molar-refractivity contribution in [3.05, 3.63) is 88.8 Å². The van der Waals surface area contributed by atoms with Crippen LogP contribution in [0.1, 0.15) is 28.1 Å². The van der Waals surface area contributed by atoms with Gasteiger partial charge in [-0.15, -0.1) is 0 Å². The van der Waals surface area contributed by atoms with Crippen LogP contribution in [0.15, 0.2) is 65.2 Å². The van der Waals surface area contributed by atoms with E-state index in [9.17, 15) is 4.79 Å². The number of rotatable bonds is 8. The largest absolute Gasteiger partial charge is 0.361 e. The van der Waals surface area contributed by atoms with Crippen LogP contribution >= 0.6 is 0 Å². The molecule has 0 atom stereocenters. The van der Waals surface area contributed by atoms with Gasteiger partial charge in [-0.1, -0.05) is 65.8 Å². The van der Waals surface area contributed by atoms with Gasteiger partial charge in [-0.3, -0.25) is 4.79 Å². The van der Waals surface area contributed by atoms with Gasteiger partial charge in [0.05, 0.1) is 12.1 Å². The lowest BCUT2D eigenvalue weighted by Crippen LogP contribution is -2.36. The van der Waals surface area contributed by atoms with Gasteiger partial charge in [-0.25, -0.2) is 0 Å². The molecule has 1 amide bonds. The number of aryl methyl sites for hydroxylation is 2. The molecule has 0 saturated carbocycles. The summed E-state index contributed by atoms with van der Waals surface area (Å²) >= 11 is 0. The van der Waals surface area contributed by atoms with E-state index in [1.165, 1.54) is 11.1 Å². The molecule has 27 heavy (non-hydrogen) atoms. The molecule has 0 aliphatic heterocycles. The average Bonchev–Trinajstić information content (AvgIpc) is 3.01. The first-order chi connectivity index (χ1) is 13.1. The third-order valence-corrected chi connectivity index (χ3v) is 4.89. The Morgan fingerprint density at radius 2 is 1.41 bits per heavy atom. The lowest BCUT2D eigenvalue weighted by atomic mass is 10.1. The molecule has 0 aliphatic carbocycles. The minimum absolute atomic E-state index is 0.122. The highest BCUT2D eigenvalue weighted by Crippen LogP contribution is 2.15. The van der Waals surface area contributed by atoms with Crippen molar-refractivity contribution in [1.29, 1.82) is 0 Å². The average molecular weight is 362 g/mol. The number of nitrogens with zero attached hydrogens (tertiary/aromatic N) is 2. The summed E-state index contributed by atoms with van der Waals surface area (Å²) in [6, 6.07) is 20.6. The van der Waals surface area contributed by atoms with Crippen LogP contribution < -0.4 is 0 Å². The van der Waals surface area contributed by atoms with E-state index in [-0.39, 0.29) is 5.91 Å². The maximum absolute atomic E-state index is 13.0. The first-order valence-corrected chi connectivity index (χ1v) is 9.41. The monoisotopic (exact) mass is 362 g/mol. The maximum Gasteiger partial charge on any atom is 0.227 e. The summed E-state index contributed by atoms with van der Waals surface area (Å²) in [6.07, 6.45) is 2.04. The Morgan fingerprint density at radius 1 is 0.889 bits per heavy atom. The number of benzene rings is 2. The van der Waals surface area contributed by atoms with Gasteiger partial charge < -0.3 is 9.42 Å². The first-order valence-electron chi connectivity index (χ1n) is 9.41. The lowest BCUT2D eigenvalue weighted by molar-refractivity contribution is -0.130. The van der Waals surface area contributed by atoms with E-state index in [4.69, 9.17) is 4.52 Å². The summed E-state index contributed by atoms with van der Waals surface area (Å²) in [4.78, 5) is 15.0. The fourth-order valence-corrected chi connectivity index (χ4v) is 3.20. The molecule has 0 radical (unpaired) electrons. The second-order valence-electron chi connectivity index (χ2n) is 6.83. The molecule has 4 nitrogen and oxygen atoms in total. The zero-order chi connectivity index (χ0) is 19.1. The van der Waals surface area contributed by atoms with Crippen molar-refractivity contribution in [2.24, 2.45) is 0 Å². The Bertz CT molecular complexity index is 794. The van der Waals surface area contributed by atoms with Crippen LogP contribution in [0.4, 0.5) is 0 Å². The fraction of sp³-hybridized carbons (Fsp3) is 0.304. The lowest BCUT2D eigenvalue weighted by Gasteiger charge is -2.23. The van der Waals surface area contributed by atoms with Crippen LogP contribution in [-0.4, -0.2) is 29.1 Å². The number of aromatic nitrogens is 1. The minimum Gasteiger partial charge on any atom is -0.361 e. The van der Waals surface area contributed by atoms with Crippen molar-refractivity contribution in [3.63, 3.8) is 0 Å². The van der Waals surface area contributed by atoms with E-state index in [1.807, 2.05) is 55.1 Å². The molecular weight excluding hydrogens is 336 g/mol. The Balaban J connectivity index is 1.68. The van der Waals surface area contributed by atoms with Crippen molar-refractivity contribution in [2.45, 2.75) is 33.1 Å². The predicted octanol–water partition coefficient (Wildman–Crippen LogP) is 4.15. The van der Waals surface area contributed by atoms with Gasteiger partial charge >= 0.3 is 0 Å². The van der Waals surface area contributed by atoms with Gasteiger partial charge in [-0.2, -0.15) is 0 Å². The van der Waals surface area contributed by atoms with E-state index in [0.29, 0.717) is 19.5 Å². The van der Waals surface area contributed by atoms with E-state index < -0.39 is 0 Å². The minimum atomic E-state index is 0.122. The van der Waals surface area contributed by atoms with Crippen molar-refractivity contribution in [3.8, 4) is 0 Å². The van der Waals surface area contributed by atoms with E-state index in [2.05, 4.69) is 29.4 Å². The van der Waals surface area contributed by atoms with E-state index in [0.717, 1.165) is 29.9 Å². The summed E-state index contributed by atoms with van der Waals surface area (Å²) in [5, 5.41) is 3.97. The number of carbonyl (C=O) groups excluding carboxylic acids is 1. The van der Waals surface area contributed by atoms with Gasteiger partial charge in [0.25, 0.3) is 0 Å². The number of carbonyl (C=O) groups is 1. The van der Waals surface area contributed by atoms with Crippen LogP contribution in [0.5, 0.6) is 0 Å². The van der Waals surface area contributed by atoms with Crippen LogP contribution in [0.2, 0.25) is 0 Å². The van der Waals surface area contributed by atoms with Gasteiger partial charge in [0.1, 0.15) is 5.76 Å². The standard InChI is InChI=1S/C23H26N2O2/c1-18-22(19(2)27-24-18)17-23(26)25(15-13-20-9-5-3-6-10-20)16-14-21-11-7-4-8-12-21/h3-12H,13-17H2,1-2H3. The van der Waals surface area contributed by atoms with Gasteiger partial charge in [-0.05, 0) is 37.8 Å². The van der Waals surface area contributed by atoms with Crippen LogP contribution in [0, 0.1) is 13.8 Å². The van der Waals surface area contributed by atoms with E-state index in [1.54, 1.807) is 0 Å². The highest BCUT2D eigenvalue weighted by atomic mass is 16.5. The molecule has 0 bridgehead atoms. The normalized spacial score (nSPS) is 10.7. The summed E-state index contributed by atoms with van der Waals surface area (Å²) in [6.45, 7) is 5.16. The second kappa shape index (κ2) is 9.17. The molecule has 2 aromatic carbocycles. The molecule has 3 rings (SSSR count). The van der Waals surface area contributed by atoms with Crippen molar-refractivity contribution in [1.82, 2.24) is 10.1 Å². The summed E-state index contributed by atoms with van der Waals surface area (Å²) in [5.74, 6) is 0.850. The molecule has 0 N–H and O–H groups in total.